The predicted octanol–water partition coefficient (Wildman–Crippen LogP) is 3.28. The van der Waals surface area contributed by atoms with E-state index >= 15 is 0 Å². The Labute approximate surface area is 120 Å². The highest BCUT2D eigenvalue weighted by Gasteiger charge is 2.30. The van der Waals surface area contributed by atoms with Crippen LogP contribution in [-0.4, -0.2) is 10.9 Å². The number of anilines is 1. The van der Waals surface area contributed by atoms with Gasteiger partial charge in [-0.3, -0.25) is 4.79 Å². The molecule has 0 unspecified atom stereocenters. The van der Waals surface area contributed by atoms with Gasteiger partial charge in [0.2, 0.25) is 5.91 Å². The smallest absolute Gasteiger partial charge is 0.236 e. The largest absolute Gasteiger partial charge is 0.392 e. The van der Waals surface area contributed by atoms with Gasteiger partial charge in [-0.15, -0.1) is 0 Å². The number of hydrogen-bond acceptors (Lipinski definition) is 2. The van der Waals surface area contributed by atoms with E-state index in [1.54, 1.807) is 13.8 Å². The zero-order valence-corrected chi connectivity index (χ0v) is 12.6. The molecule has 0 radical (unpaired) electrons. The second-order valence-electron chi connectivity index (χ2n) is 5.24. The first-order valence-corrected chi connectivity index (χ1v) is 6.99. The van der Waals surface area contributed by atoms with Gasteiger partial charge in [-0.1, -0.05) is 37.7 Å². The molecule has 0 aliphatic heterocycles. The van der Waals surface area contributed by atoms with E-state index in [1.165, 1.54) is 18.4 Å². The number of nitrogens with two attached hydrogens (primary N) is 1. The Kier molecular flexibility index (Phi) is 5.48. The minimum absolute atomic E-state index is 0.179. The third-order valence-corrected chi connectivity index (χ3v) is 3.72. The lowest BCUT2D eigenvalue weighted by Gasteiger charge is -2.22. The van der Waals surface area contributed by atoms with Crippen LogP contribution in [0.3, 0.4) is 0 Å². The second-order valence-corrected chi connectivity index (χ2v) is 5.68. The number of nitrogens with one attached hydrogen (secondary N) is 1. The first kappa shape index (κ1) is 15.6. The van der Waals surface area contributed by atoms with Gasteiger partial charge in [0.1, 0.15) is 0 Å². The third-order valence-electron chi connectivity index (χ3n) is 3.21. The number of benzene rings is 1. The molecule has 0 saturated heterocycles. The number of unbranched alkanes of at least 4 members (excludes halogenated alkanes) is 1. The van der Waals surface area contributed by atoms with Crippen molar-refractivity contribution >= 4 is 28.8 Å². The van der Waals surface area contributed by atoms with E-state index in [0.717, 1.165) is 12.1 Å². The normalized spacial score (nSPS) is 11.1. The molecule has 0 atom stereocenters. The van der Waals surface area contributed by atoms with Crippen molar-refractivity contribution < 1.29 is 4.79 Å². The molecule has 0 aromatic heterocycles. The van der Waals surface area contributed by atoms with Crippen molar-refractivity contribution in [1.29, 1.82) is 0 Å². The standard InChI is InChI=1S/C15H22N2OS/c1-4-5-6-11-7-9-12(10-8-11)17-14(18)15(2,3)13(16)19/h7-10H,4-6H2,1-3H3,(H2,16,19)(H,17,18). The Morgan fingerprint density at radius 3 is 2.37 bits per heavy atom. The fraction of sp³-hybridized carbons (Fsp3) is 0.467. The maximum atomic E-state index is 12.1. The third kappa shape index (κ3) is 4.31. The van der Waals surface area contributed by atoms with Crippen LogP contribution in [0.5, 0.6) is 0 Å². The second kappa shape index (κ2) is 6.66. The van der Waals surface area contributed by atoms with Gasteiger partial charge >= 0.3 is 0 Å². The number of thiocarbonyl (C=S) groups is 1. The van der Waals surface area contributed by atoms with Gasteiger partial charge in [0.05, 0.1) is 10.4 Å². The van der Waals surface area contributed by atoms with Crippen LogP contribution in [0.15, 0.2) is 24.3 Å². The lowest BCUT2D eigenvalue weighted by atomic mass is 9.92. The highest BCUT2D eigenvalue weighted by Crippen LogP contribution is 2.19. The average molecular weight is 278 g/mol. The van der Waals surface area contributed by atoms with E-state index in [1.807, 2.05) is 24.3 Å². The van der Waals surface area contributed by atoms with Gasteiger partial charge in [0, 0.05) is 5.69 Å². The van der Waals surface area contributed by atoms with Crippen molar-refractivity contribution in [3.8, 4) is 0 Å². The first-order valence-electron chi connectivity index (χ1n) is 6.58. The molecule has 1 rings (SSSR count). The van der Waals surface area contributed by atoms with Crippen molar-refractivity contribution in [2.24, 2.45) is 11.1 Å². The van der Waals surface area contributed by atoms with Crippen molar-refractivity contribution in [2.45, 2.75) is 40.0 Å². The fourth-order valence-corrected chi connectivity index (χ4v) is 1.63. The van der Waals surface area contributed by atoms with Gasteiger partial charge < -0.3 is 11.1 Å². The number of rotatable bonds is 6. The van der Waals surface area contributed by atoms with E-state index in [4.69, 9.17) is 18.0 Å². The lowest BCUT2D eigenvalue weighted by molar-refractivity contribution is -0.121. The predicted molar refractivity (Wildman–Crippen MR) is 84.3 cm³/mol. The Morgan fingerprint density at radius 1 is 1.32 bits per heavy atom. The summed E-state index contributed by atoms with van der Waals surface area (Å²) in [4.78, 5) is 12.3. The zero-order valence-electron chi connectivity index (χ0n) is 11.8. The molecule has 3 N–H and O–H groups in total. The summed E-state index contributed by atoms with van der Waals surface area (Å²) in [6.07, 6.45) is 3.43. The van der Waals surface area contributed by atoms with Crippen LogP contribution in [0.25, 0.3) is 0 Å². The molecule has 1 aromatic rings. The SMILES string of the molecule is CCCCc1ccc(NC(=O)C(C)(C)C(N)=S)cc1. The van der Waals surface area contributed by atoms with E-state index < -0.39 is 5.41 Å². The molecular formula is C15H22N2OS. The molecule has 0 fully saturated rings. The van der Waals surface area contributed by atoms with Crippen molar-refractivity contribution in [3.63, 3.8) is 0 Å². The van der Waals surface area contributed by atoms with Gasteiger partial charge in [0.15, 0.2) is 0 Å². The summed E-state index contributed by atoms with van der Waals surface area (Å²) in [5, 5.41) is 2.84. The Bertz CT molecular complexity index is 452. The maximum absolute atomic E-state index is 12.1. The van der Waals surface area contributed by atoms with Gasteiger partial charge in [-0.25, -0.2) is 0 Å². The van der Waals surface area contributed by atoms with Crippen LogP contribution in [0.1, 0.15) is 39.2 Å². The topological polar surface area (TPSA) is 55.1 Å². The summed E-state index contributed by atoms with van der Waals surface area (Å²) >= 11 is 4.91. The minimum Gasteiger partial charge on any atom is -0.392 e. The quantitative estimate of drug-likeness (QED) is 0.785. The number of hydrogen-bond donors (Lipinski definition) is 2. The lowest BCUT2D eigenvalue weighted by Crippen LogP contribution is -2.41. The van der Waals surface area contributed by atoms with Crippen LogP contribution in [0.4, 0.5) is 5.69 Å². The van der Waals surface area contributed by atoms with Gasteiger partial charge in [-0.05, 0) is 44.4 Å². The summed E-state index contributed by atoms with van der Waals surface area (Å²) in [5.41, 5.74) is 6.80. The van der Waals surface area contributed by atoms with Gasteiger partial charge in [0.25, 0.3) is 0 Å². The fourth-order valence-electron chi connectivity index (χ4n) is 1.53. The zero-order chi connectivity index (χ0) is 14.5. The van der Waals surface area contributed by atoms with E-state index in [9.17, 15) is 4.79 Å². The summed E-state index contributed by atoms with van der Waals surface area (Å²) < 4.78 is 0. The van der Waals surface area contributed by atoms with E-state index in [-0.39, 0.29) is 10.9 Å². The van der Waals surface area contributed by atoms with Crippen LogP contribution in [0.2, 0.25) is 0 Å². The van der Waals surface area contributed by atoms with Gasteiger partial charge in [-0.2, -0.15) is 0 Å². The molecule has 0 aliphatic rings. The van der Waals surface area contributed by atoms with Crippen LogP contribution in [-0.2, 0) is 11.2 Å². The summed E-state index contributed by atoms with van der Waals surface area (Å²) in [6, 6.07) is 7.91. The average Bonchev–Trinajstić information content (AvgIpc) is 2.37. The molecular weight excluding hydrogens is 256 g/mol. The first-order chi connectivity index (χ1) is 8.87. The Morgan fingerprint density at radius 2 is 1.89 bits per heavy atom. The molecule has 0 bridgehead atoms. The Hall–Kier alpha value is -1.42. The monoisotopic (exact) mass is 278 g/mol. The van der Waals surface area contributed by atoms with E-state index in [2.05, 4.69) is 12.2 Å². The molecule has 3 nitrogen and oxygen atoms in total. The molecule has 4 heteroatoms. The summed E-state index contributed by atoms with van der Waals surface area (Å²) in [6.45, 7) is 5.62. The number of carbonyl (C=O) groups is 1. The van der Waals surface area contributed by atoms with Crippen molar-refractivity contribution in [1.82, 2.24) is 0 Å². The summed E-state index contributed by atoms with van der Waals surface area (Å²) in [5.74, 6) is -0.179. The molecule has 1 aromatic carbocycles. The van der Waals surface area contributed by atoms with E-state index in [0.29, 0.717) is 0 Å². The Balaban J connectivity index is 2.68. The summed E-state index contributed by atoms with van der Waals surface area (Å²) in [7, 11) is 0. The molecule has 19 heavy (non-hydrogen) atoms. The van der Waals surface area contributed by atoms with Crippen LogP contribution < -0.4 is 11.1 Å². The molecule has 0 heterocycles. The van der Waals surface area contributed by atoms with Crippen LogP contribution in [0, 0.1) is 5.41 Å². The van der Waals surface area contributed by atoms with Crippen molar-refractivity contribution in [3.05, 3.63) is 29.8 Å². The molecule has 104 valence electrons. The maximum Gasteiger partial charge on any atom is 0.236 e. The highest BCUT2D eigenvalue weighted by molar-refractivity contribution is 7.80. The molecule has 0 aliphatic carbocycles. The number of amides is 1. The molecule has 1 amide bonds. The molecule has 0 saturated carbocycles. The minimum atomic E-state index is -0.837. The van der Waals surface area contributed by atoms with Crippen LogP contribution >= 0.6 is 12.2 Å². The van der Waals surface area contributed by atoms with Crippen molar-refractivity contribution in [2.75, 3.05) is 5.32 Å². The molecule has 0 spiro atoms. The highest BCUT2D eigenvalue weighted by atomic mass is 32.1. The number of aryl methyl sites for hydroxylation is 1. The number of carbonyl (C=O) groups excluding carboxylic acids is 1.